The summed E-state index contributed by atoms with van der Waals surface area (Å²) >= 11 is 6.63. The molecule has 44 heavy (non-hydrogen) atoms. The predicted octanol–water partition coefficient (Wildman–Crippen LogP) is 6.38. The van der Waals surface area contributed by atoms with Crippen molar-refractivity contribution >= 4 is 17.6 Å². The number of aromatic amines is 1. The van der Waals surface area contributed by atoms with Crippen LogP contribution >= 0.6 is 11.6 Å². The lowest BCUT2D eigenvalue weighted by Crippen LogP contribution is -2.12. The van der Waals surface area contributed by atoms with Crippen molar-refractivity contribution in [2.45, 2.75) is 45.9 Å². The summed E-state index contributed by atoms with van der Waals surface area (Å²) in [6, 6.07) is 23.7. The Morgan fingerprint density at radius 2 is 1.70 bits per heavy atom. The first kappa shape index (κ1) is 29.0. The van der Waals surface area contributed by atoms with E-state index in [-0.39, 0.29) is 6.61 Å². The van der Waals surface area contributed by atoms with Crippen molar-refractivity contribution < 1.29 is 9.53 Å². The average Bonchev–Trinajstić information content (AvgIpc) is 3.83. The van der Waals surface area contributed by atoms with E-state index < -0.39 is 5.97 Å². The summed E-state index contributed by atoms with van der Waals surface area (Å²) in [4.78, 5) is 21.7. The lowest BCUT2D eigenvalue weighted by molar-refractivity contribution is 0.0464. The number of rotatable bonds is 12. The molecule has 0 aliphatic heterocycles. The monoisotopic (exact) mass is 606 g/mol. The molecule has 3 aromatic heterocycles. The smallest absolute Gasteiger partial charge is 0.338 e. The van der Waals surface area contributed by atoms with Crippen molar-refractivity contribution in [1.82, 2.24) is 39.7 Å². The Kier molecular flexibility index (Phi) is 8.88. The topological polar surface area (TPSA) is 116 Å². The maximum Gasteiger partial charge on any atom is 0.338 e. The number of nitrogens with one attached hydrogen (secondary N) is 1. The molecule has 10 nitrogen and oxygen atoms in total. The molecule has 0 radical (unpaired) electrons. The van der Waals surface area contributed by atoms with Crippen LogP contribution in [0.4, 0.5) is 0 Å². The molecular formula is C33H31ClN8O2. The fourth-order valence-electron chi connectivity index (χ4n) is 5.09. The van der Waals surface area contributed by atoms with Crippen molar-refractivity contribution in [2.75, 3.05) is 0 Å². The molecule has 0 bridgehead atoms. The quantitative estimate of drug-likeness (QED) is 0.161. The number of halogens is 1. The number of unbranched alkanes of at least 4 members (excludes halogenated alkanes) is 1. The highest BCUT2D eigenvalue weighted by Gasteiger charge is 2.19. The summed E-state index contributed by atoms with van der Waals surface area (Å²) in [5.74, 6) is 1.00. The number of hydrogen-bond donors (Lipinski definition) is 1. The van der Waals surface area contributed by atoms with Gasteiger partial charge in [0.2, 0.25) is 5.82 Å². The number of nitrogens with zero attached hydrogens (tertiary/aromatic N) is 7. The predicted molar refractivity (Wildman–Crippen MR) is 167 cm³/mol. The third kappa shape index (κ3) is 6.60. The van der Waals surface area contributed by atoms with E-state index in [1.807, 2.05) is 47.2 Å². The Morgan fingerprint density at radius 3 is 2.41 bits per heavy atom. The Labute approximate surface area is 259 Å². The first-order chi connectivity index (χ1) is 21.6. The van der Waals surface area contributed by atoms with E-state index in [0.717, 1.165) is 52.9 Å². The molecule has 0 fully saturated rings. The van der Waals surface area contributed by atoms with Crippen LogP contribution in [-0.4, -0.2) is 45.7 Å². The molecule has 0 amide bonds. The summed E-state index contributed by atoms with van der Waals surface area (Å²) in [5.41, 5.74) is 6.23. The zero-order valence-corrected chi connectivity index (χ0v) is 25.0. The Balaban J connectivity index is 1.18. The highest BCUT2D eigenvalue weighted by molar-refractivity contribution is 6.30. The number of aryl methyl sites for hydroxylation is 1. The van der Waals surface area contributed by atoms with E-state index in [1.54, 1.807) is 24.7 Å². The van der Waals surface area contributed by atoms with E-state index in [0.29, 0.717) is 35.3 Å². The van der Waals surface area contributed by atoms with E-state index in [9.17, 15) is 4.79 Å². The minimum atomic E-state index is -0.414. The van der Waals surface area contributed by atoms with Gasteiger partial charge in [0.1, 0.15) is 12.4 Å². The molecule has 0 saturated heterocycles. The van der Waals surface area contributed by atoms with Gasteiger partial charge in [0.25, 0.3) is 0 Å². The maximum absolute atomic E-state index is 13.0. The van der Waals surface area contributed by atoms with Gasteiger partial charge < -0.3 is 13.9 Å². The Hall–Kier alpha value is -5.09. The fourth-order valence-corrected chi connectivity index (χ4v) is 5.34. The van der Waals surface area contributed by atoms with Gasteiger partial charge in [-0.3, -0.25) is 0 Å². The molecular weight excluding hydrogens is 576 g/mol. The second kappa shape index (κ2) is 13.5. The van der Waals surface area contributed by atoms with E-state index in [4.69, 9.17) is 16.3 Å². The summed E-state index contributed by atoms with van der Waals surface area (Å²) in [5, 5.41) is 14.9. The minimum Gasteiger partial charge on any atom is -0.456 e. The SMILES string of the molecule is CCCCc1nc(Cl)c(COC(=O)c2ccc(Cn3ccnc3)cc2)n1Cc1ccc(-c2ccccc2-c2nn[nH]n2)cc1. The first-order valence-corrected chi connectivity index (χ1v) is 14.8. The summed E-state index contributed by atoms with van der Waals surface area (Å²) in [6.07, 6.45) is 8.18. The van der Waals surface area contributed by atoms with Crippen LogP contribution in [-0.2, 0) is 30.9 Å². The number of tetrazole rings is 1. The molecule has 6 aromatic rings. The second-order valence-corrected chi connectivity index (χ2v) is 10.8. The Bertz CT molecular complexity index is 1810. The lowest BCUT2D eigenvalue weighted by Gasteiger charge is -2.14. The number of hydrogen-bond acceptors (Lipinski definition) is 7. The lowest BCUT2D eigenvalue weighted by atomic mass is 9.98. The molecule has 0 aliphatic carbocycles. The Morgan fingerprint density at radius 1 is 0.955 bits per heavy atom. The molecule has 6 rings (SSSR count). The highest BCUT2D eigenvalue weighted by Crippen LogP contribution is 2.30. The van der Waals surface area contributed by atoms with Crippen LogP contribution in [0.2, 0.25) is 5.15 Å². The number of carbonyl (C=O) groups is 1. The average molecular weight is 607 g/mol. The van der Waals surface area contributed by atoms with Crippen LogP contribution in [0.3, 0.4) is 0 Å². The van der Waals surface area contributed by atoms with Gasteiger partial charge in [0.15, 0.2) is 5.15 Å². The van der Waals surface area contributed by atoms with Gasteiger partial charge in [-0.15, -0.1) is 10.2 Å². The van der Waals surface area contributed by atoms with Gasteiger partial charge >= 0.3 is 5.97 Å². The first-order valence-electron chi connectivity index (χ1n) is 14.5. The summed E-state index contributed by atoms with van der Waals surface area (Å²) in [7, 11) is 0. The van der Waals surface area contributed by atoms with Gasteiger partial charge in [-0.25, -0.2) is 14.8 Å². The standard InChI is InChI=1S/C33H31ClN8O2/c1-2-3-8-30-36-31(34)29(21-44-33(43)26-15-11-23(12-16-26)19-41-18-17-35-22-41)42(30)20-24-9-13-25(14-10-24)27-6-4-5-7-28(27)32-37-39-40-38-32/h4-7,9-18,22H,2-3,8,19-21H2,1H3,(H,37,38,39,40). The number of ether oxygens (including phenoxy) is 1. The largest absolute Gasteiger partial charge is 0.456 e. The molecule has 11 heteroatoms. The molecule has 222 valence electrons. The van der Waals surface area contributed by atoms with Crippen LogP contribution in [0.5, 0.6) is 0 Å². The molecule has 3 heterocycles. The van der Waals surface area contributed by atoms with Gasteiger partial charge in [-0.05, 0) is 46.0 Å². The van der Waals surface area contributed by atoms with Gasteiger partial charge in [-0.1, -0.05) is 85.6 Å². The normalized spacial score (nSPS) is 11.1. The van der Waals surface area contributed by atoms with E-state index in [1.165, 1.54) is 0 Å². The number of carbonyl (C=O) groups excluding carboxylic acids is 1. The van der Waals surface area contributed by atoms with E-state index in [2.05, 4.69) is 66.3 Å². The molecule has 0 unspecified atom stereocenters. The van der Waals surface area contributed by atoms with Crippen LogP contribution in [0.15, 0.2) is 91.5 Å². The van der Waals surface area contributed by atoms with Crippen molar-refractivity contribution in [2.24, 2.45) is 0 Å². The number of esters is 1. The summed E-state index contributed by atoms with van der Waals surface area (Å²) < 4.78 is 9.78. The van der Waals surface area contributed by atoms with Crippen molar-refractivity contribution in [3.8, 4) is 22.5 Å². The van der Waals surface area contributed by atoms with Gasteiger partial charge in [0.05, 0.1) is 17.6 Å². The molecule has 1 N–H and O–H groups in total. The summed E-state index contributed by atoms with van der Waals surface area (Å²) in [6.45, 7) is 3.38. The molecule has 0 aliphatic rings. The fraction of sp³-hybridized carbons (Fsp3) is 0.212. The molecule has 3 aromatic carbocycles. The minimum absolute atomic E-state index is 0.0176. The second-order valence-electron chi connectivity index (χ2n) is 10.4. The van der Waals surface area contributed by atoms with Crippen LogP contribution in [0, 0.1) is 0 Å². The van der Waals surface area contributed by atoms with Gasteiger partial charge in [0, 0.05) is 37.5 Å². The van der Waals surface area contributed by atoms with Crippen LogP contribution in [0.25, 0.3) is 22.5 Å². The molecule has 0 atom stereocenters. The van der Waals surface area contributed by atoms with Gasteiger partial charge in [-0.2, -0.15) is 5.21 Å². The number of aromatic nitrogens is 8. The number of imidazole rings is 2. The van der Waals surface area contributed by atoms with Crippen molar-refractivity contribution in [3.05, 3.63) is 125 Å². The third-order valence-electron chi connectivity index (χ3n) is 7.43. The highest BCUT2D eigenvalue weighted by atomic mass is 35.5. The zero-order valence-electron chi connectivity index (χ0n) is 24.2. The van der Waals surface area contributed by atoms with Crippen LogP contribution in [0.1, 0.15) is 52.8 Å². The third-order valence-corrected chi connectivity index (χ3v) is 7.73. The molecule has 0 spiro atoms. The number of benzene rings is 3. The van der Waals surface area contributed by atoms with Crippen molar-refractivity contribution in [1.29, 1.82) is 0 Å². The zero-order chi connectivity index (χ0) is 30.3. The number of H-pyrrole nitrogens is 1. The molecule has 0 saturated carbocycles. The van der Waals surface area contributed by atoms with E-state index >= 15 is 0 Å². The van der Waals surface area contributed by atoms with Crippen LogP contribution < -0.4 is 0 Å². The van der Waals surface area contributed by atoms with Crippen molar-refractivity contribution in [3.63, 3.8) is 0 Å². The maximum atomic E-state index is 13.0.